The number of hydrogen-bond acceptors (Lipinski definition) is 5. The maximum atomic E-state index is 5.46. The Morgan fingerprint density at radius 3 is 2.48 bits per heavy atom. The van der Waals surface area contributed by atoms with Crippen LogP contribution in [0.5, 0.6) is 11.5 Å². The third-order valence-electron chi connectivity index (χ3n) is 4.44. The monoisotopic (exact) mass is 410 g/mol. The van der Waals surface area contributed by atoms with Crippen molar-refractivity contribution in [1.29, 1.82) is 0 Å². The second kappa shape index (κ2) is 9.93. The maximum absolute atomic E-state index is 5.46. The molecule has 0 saturated heterocycles. The van der Waals surface area contributed by atoms with Gasteiger partial charge in [-0.05, 0) is 42.8 Å². The van der Waals surface area contributed by atoms with E-state index in [1.54, 1.807) is 32.6 Å². The zero-order valence-electron chi connectivity index (χ0n) is 17.2. The van der Waals surface area contributed by atoms with Crippen molar-refractivity contribution in [3.05, 3.63) is 64.7 Å². The lowest BCUT2D eigenvalue weighted by molar-refractivity contribution is 0.408. The summed E-state index contributed by atoms with van der Waals surface area (Å²) >= 11 is 1.62. The summed E-state index contributed by atoms with van der Waals surface area (Å²) in [5.41, 5.74) is 4.30. The summed E-state index contributed by atoms with van der Waals surface area (Å²) in [6.45, 7) is 3.27. The number of benzene rings is 2. The number of thiazole rings is 1. The highest BCUT2D eigenvalue weighted by atomic mass is 32.1. The third kappa shape index (κ3) is 5.48. The number of aromatic nitrogens is 1. The van der Waals surface area contributed by atoms with Crippen LogP contribution < -0.4 is 20.1 Å². The topological polar surface area (TPSA) is 67.8 Å². The van der Waals surface area contributed by atoms with E-state index in [0.717, 1.165) is 33.3 Å². The van der Waals surface area contributed by atoms with Gasteiger partial charge in [0, 0.05) is 30.1 Å². The fourth-order valence-corrected chi connectivity index (χ4v) is 3.65. The predicted molar refractivity (Wildman–Crippen MR) is 119 cm³/mol. The highest BCUT2D eigenvalue weighted by Crippen LogP contribution is 2.25. The van der Waals surface area contributed by atoms with Crippen LogP contribution in [0.4, 0.5) is 0 Å². The van der Waals surface area contributed by atoms with Crippen LogP contribution in [0.1, 0.15) is 16.8 Å². The van der Waals surface area contributed by atoms with Crippen molar-refractivity contribution in [3.63, 3.8) is 0 Å². The van der Waals surface area contributed by atoms with Gasteiger partial charge in [0.05, 0.1) is 26.5 Å². The van der Waals surface area contributed by atoms with Gasteiger partial charge in [0.15, 0.2) is 5.96 Å². The Balaban J connectivity index is 1.56. The zero-order chi connectivity index (χ0) is 20.6. The van der Waals surface area contributed by atoms with E-state index in [-0.39, 0.29) is 0 Å². The number of ether oxygens (including phenoxy) is 2. The molecule has 2 aromatic carbocycles. The molecule has 0 aliphatic heterocycles. The van der Waals surface area contributed by atoms with Gasteiger partial charge in [-0.3, -0.25) is 4.99 Å². The molecule has 1 aromatic heterocycles. The van der Waals surface area contributed by atoms with Gasteiger partial charge in [-0.1, -0.05) is 12.1 Å². The molecule has 3 rings (SSSR count). The molecule has 1 heterocycles. The molecule has 0 bridgehead atoms. The van der Waals surface area contributed by atoms with Gasteiger partial charge < -0.3 is 20.1 Å². The van der Waals surface area contributed by atoms with E-state index >= 15 is 0 Å². The lowest BCUT2D eigenvalue weighted by Crippen LogP contribution is -2.36. The Hall–Kier alpha value is -3.06. The van der Waals surface area contributed by atoms with Crippen LogP contribution >= 0.6 is 11.3 Å². The Kier molecular flexibility index (Phi) is 7.08. The van der Waals surface area contributed by atoms with Crippen molar-refractivity contribution in [2.75, 3.05) is 21.3 Å². The number of nitrogens with zero attached hydrogens (tertiary/aromatic N) is 2. The van der Waals surface area contributed by atoms with Gasteiger partial charge in [0.25, 0.3) is 0 Å². The first kappa shape index (κ1) is 20.7. The SMILES string of the molecule is CN=C(NCc1csc(-c2ccc(OC)cc2)n1)NCc1ccc(C)cc1OC. The molecular formula is C22H26N4O2S. The van der Waals surface area contributed by atoms with E-state index in [2.05, 4.69) is 33.1 Å². The first-order chi connectivity index (χ1) is 14.1. The molecule has 0 aliphatic carbocycles. The van der Waals surface area contributed by atoms with Gasteiger partial charge in [0.2, 0.25) is 0 Å². The minimum absolute atomic E-state index is 0.595. The van der Waals surface area contributed by atoms with E-state index < -0.39 is 0 Å². The number of aryl methyl sites for hydroxylation is 1. The van der Waals surface area contributed by atoms with E-state index in [9.17, 15) is 0 Å². The standard InChI is InChI=1S/C22H26N4O2S/c1-15-5-6-17(20(11-15)28-4)12-24-22(23-2)25-13-18-14-29-21(26-18)16-7-9-19(27-3)10-8-16/h5-11,14H,12-13H2,1-4H3,(H2,23,24,25). The molecule has 7 heteroatoms. The van der Waals surface area contributed by atoms with Gasteiger partial charge in [-0.25, -0.2) is 4.98 Å². The average Bonchev–Trinajstić information content (AvgIpc) is 3.23. The first-order valence-electron chi connectivity index (χ1n) is 9.29. The van der Waals surface area contributed by atoms with Crippen molar-refractivity contribution >= 4 is 17.3 Å². The molecule has 152 valence electrons. The van der Waals surface area contributed by atoms with Crippen LogP contribution in [0, 0.1) is 6.92 Å². The summed E-state index contributed by atoms with van der Waals surface area (Å²) in [5.74, 6) is 2.43. The number of methoxy groups -OCH3 is 2. The molecule has 0 unspecified atom stereocenters. The van der Waals surface area contributed by atoms with Gasteiger partial charge in [0.1, 0.15) is 16.5 Å². The number of aliphatic imine (C=N–C) groups is 1. The summed E-state index contributed by atoms with van der Waals surface area (Å²) in [4.78, 5) is 9.00. The van der Waals surface area contributed by atoms with E-state index in [0.29, 0.717) is 19.0 Å². The molecule has 29 heavy (non-hydrogen) atoms. The minimum Gasteiger partial charge on any atom is -0.497 e. The van der Waals surface area contributed by atoms with Gasteiger partial charge >= 0.3 is 0 Å². The maximum Gasteiger partial charge on any atom is 0.191 e. The quantitative estimate of drug-likeness (QED) is 0.455. The largest absolute Gasteiger partial charge is 0.497 e. The van der Waals surface area contributed by atoms with Crippen molar-refractivity contribution < 1.29 is 9.47 Å². The molecule has 0 saturated carbocycles. The second-order valence-corrected chi connectivity index (χ2v) is 7.33. The normalized spacial score (nSPS) is 11.2. The minimum atomic E-state index is 0.595. The van der Waals surface area contributed by atoms with Crippen molar-refractivity contribution in [2.45, 2.75) is 20.0 Å². The van der Waals surface area contributed by atoms with Crippen molar-refractivity contribution in [2.24, 2.45) is 4.99 Å². The van der Waals surface area contributed by atoms with Crippen LogP contribution in [0.15, 0.2) is 52.8 Å². The number of hydrogen-bond donors (Lipinski definition) is 2. The average molecular weight is 411 g/mol. The Morgan fingerprint density at radius 1 is 1.03 bits per heavy atom. The van der Waals surface area contributed by atoms with E-state index in [1.807, 2.05) is 37.3 Å². The second-order valence-electron chi connectivity index (χ2n) is 6.47. The third-order valence-corrected chi connectivity index (χ3v) is 5.38. The molecule has 0 amide bonds. The zero-order valence-corrected chi connectivity index (χ0v) is 18.0. The number of rotatable bonds is 7. The van der Waals surface area contributed by atoms with E-state index in [4.69, 9.17) is 14.5 Å². The van der Waals surface area contributed by atoms with Crippen LogP contribution in [-0.2, 0) is 13.1 Å². The summed E-state index contributed by atoms with van der Waals surface area (Å²) < 4.78 is 10.7. The van der Waals surface area contributed by atoms with Crippen LogP contribution in [0.3, 0.4) is 0 Å². The van der Waals surface area contributed by atoms with Crippen LogP contribution in [0.2, 0.25) is 0 Å². The summed E-state index contributed by atoms with van der Waals surface area (Å²) in [5, 5.41) is 9.67. The lowest BCUT2D eigenvalue weighted by Gasteiger charge is -2.13. The van der Waals surface area contributed by atoms with Crippen molar-refractivity contribution in [3.8, 4) is 22.1 Å². The molecule has 2 N–H and O–H groups in total. The summed E-state index contributed by atoms with van der Waals surface area (Å²) in [6, 6.07) is 14.1. The van der Waals surface area contributed by atoms with E-state index in [1.165, 1.54) is 5.56 Å². The van der Waals surface area contributed by atoms with Crippen LogP contribution in [0.25, 0.3) is 10.6 Å². The number of nitrogens with one attached hydrogen (secondary N) is 2. The lowest BCUT2D eigenvalue weighted by atomic mass is 10.1. The predicted octanol–water partition coefficient (Wildman–Crippen LogP) is 4.00. The summed E-state index contributed by atoms with van der Waals surface area (Å²) in [6.07, 6.45) is 0. The molecule has 0 spiro atoms. The Bertz CT molecular complexity index is 967. The first-order valence-corrected chi connectivity index (χ1v) is 10.2. The van der Waals surface area contributed by atoms with Gasteiger partial charge in [-0.2, -0.15) is 0 Å². The smallest absolute Gasteiger partial charge is 0.191 e. The fourth-order valence-electron chi connectivity index (χ4n) is 2.83. The molecule has 0 aliphatic rings. The van der Waals surface area contributed by atoms with Gasteiger partial charge in [-0.15, -0.1) is 11.3 Å². The Labute approximate surface area is 175 Å². The highest BCUT2D eigenvalue weighted by Gasteiger charge is 2.08. The molecule has 0 radical (unpaired) electrons. The molecular weight excluding hydrogens is 384 g/mol. The summed E-state index contributed by atoms with van der Waals surface area (Å²) in [7, 11) is 5.11. The number of guanidine groups is 1. The molecule has 0 fully saturated rings. The Morgan fingerprint density at radius 2 is 1.79 bits per heavy atom. The molecule has 3 aromatic rings. The fraction of sp³-hybridized carbons (Fsp3) is 0.273. The molecule has 0 atom stereocenters. The van der Waals surface area contributed by atoms with Crippen molar-refractivity contribution in [1.82, 2.24) is 15.6 Å². The molecule has 6 nitrogen and oxygen atoms in total. The van der Waals surface area contributed by atoms with Crippen LogP contribution in [-0.4, -0.2) is 32.2 Å². The highest BCUT2D eigenvalue weighted by molar-refractivity contribution is 7.13.